The molecule has 234 valence electrons. The summed E-state index contributed by atoms with van der Waals surface area (Å²) in [6, 6.07) is 7.67. The van der Waals surface area contributed by atoms with Crippen molar-refractivity contribution in [2.45, 2.75) is 120 Å². The third-order valence-corrected chi connectivity index (χ3v) is 11.4. The van der Waals surface area contributed by atoms with Crippen LogP contribution in [0, 0.1) is 30.1 Å². The summed E-state index contributed by atoms with van der Waals surface area (Å²) in [6.07, 6.45) is 11.3. The lowest BCUT2D eigenvalue weighted by atomic mass is 9.82. The predicted octanol–water partition coefficient (Wildman–Crippen LogP) is 3.54. The quantitative estimate of drug-likeness (QED) is 0.227. The van der Waals surface area contributed by atoms with Crippen LogP contribution in [0.15, 0.2) is 30.3 Å². The molecule has 2 fully saturated rings. The Hall–Kier alpha value is -2.41. The zero-order valence-corrected chi connectivity index (χ0v) is 26.2. The lowest BCUT2D eigenvalue weighted by Crippen LogP contribution is -2.56. The van der Waals surface area contributed by atoms with Gasteiger partial charge in [-0.25, -0.2) is 8.42 Å². The Morgan fingerprint density at radius 1 is 0.952 bits per heavy atom. The molecule has 0 radical (unpaired) electrons. The molecule has 5 atom stereocenters. The highest BCUT2D eigenvalue weighted by Crippen LogP contribution is 2.34. The van der Waals surface area contributed by atoms with Crippen LogP contribution in [0.3, 0.4) is 0 Å². The maximum Gasteiger partial charge on any atom is 0.242 e. The molecule has 1 aromatic carbocycles. The number of nitrogens with one attached hydrogen (secondary N) is 2. The fourth-order valence-electron chi connectivity index (χ4n) is 5.71. The van der Waals surface area contributed by atoms with E-state index in [4.69, 9.17) is 6.42 Å². The molecule has 0 spiro atoms. The summed E-state index contributed by atoms with van der Waals surface area (Å²) in [5.74, 6) is 0.848. The van der Waals surface area contributed by atoms with E-state index < -0.39 is 56.6 Å². The first kappa shape index (κ1) is 34.1. The van der Waals surface area contributed by atoms with E-state index in [2.05, 4.69) is 16.6 Å². The molecular weight excluding hydrogens is 552 g/mol. The van der Waals surface area contributed by atoms with Crippen LogP contribution in [0.5, 0.6) is 0 Å². The first-order valence-corrected chi connectivity index (χ1v) is 17.1. The van der Waals surface area contributed by atoms with Gasteiger partial charge in [0.05, 0.1) is 28.6 Å². The summed E-state index contributed by atoms with van der Waals surface area (Å²) in [4.78, 5) is 27.5. The summed E-state index contributed by atoms with van der Waals surface area (Å²) >= 11 is 0. The van der Waals surface area contributed by atoms with Gasteiger partial charge in [-0.1, -0.05) is 75.3 Å². The van der Waals surface area contributed by atoms with Crippen molar-refractivity contribution in [3.8, 4) is 12.3 Å². The largest absolute Gasteiger partial charge is 0.389 e. The highest BCUT2D eigenvalue weighted by molar-refractivity contribution is 7.92. The molecule has 1 aromatic rings. The summed E-state index contributed by atoms with van der Waals surface area (Å²) in [5, 5.41) is 27.3. The minimum absolute atomic E-state index is 0.0378. The average Bonchev–Trinajstić information content (AvgIpc) is 3.76. The van der Waals surface area contributed by atoms with Crippen LogP contribution in [-0.2, 0) is 25.8 Å². The van der Waals surface area contributed by atoms with Crippen molar-refractivity contribution >= 4 is 21.7 Å². The van der Waals surface area contributed by atoms with Gasteiger partial charge in [0.1, 0.15) is 12.1 Å². The number of hydrogen-bond acceptors (Lipinski definition) is 6. The Morgan fingerprint density at radius 2 is 1.57 bits per heavy atom. The number of rotatable bonds is 15. The monoisotopic (exact) mass is 602 g/mol. The summed E-state index contributed by atoms with van der Waals surface area (Å²) < 4.78 is 25.3. The van der Waals surface area contributed by atoms with Crippen molar-refractivity contribution in [2.24, 2.45) is 17.8 Å². The summed E-state index contributed by atoms with van der Waals surface area (Å²) in [7, 11) is -3.63. The molecular formula is C33H50N2O6S. The van der Waals surface area contributed by atoms with Gasteiger partial charge in [0, 0.05) is 6.42 Å². The van der Waals surface area contributed by atoms with Crippen LogP contribution in [0.25, 0.3) is 0 Å². The topological polar surface area (TPSA) is 133 Å². The maximum absolute atomic E-state index is 13.7. The van der Waals surface area contributed by atoms with Gasteiger partial charge >= 0.3 is 0 Å². The first-order chi connectivity index (χ1) is 19.8. The van der Waals surface area contributed by atoms with Crippen LogP contribution in [0.1, 0.15) is 90.5 Å². The van der Waals surface area contributed by atoms with Crippen molar-refractivity contribution < 1.29 is 28.2 Å². The summed E-state index contributed by atoms with van der Waals surface area (Å²) in [6.45, 7) is 4.86. The average molecular weight is 603 g/mol. The van der Waals surface area contributed by atoms with Crippen molar-refractivity contribution in [1.82, 2.24) is 10.6 Å². The molecule has 2 saturated carbocycles. The second kappa shape index (κ2) is 15.4. The second-order valence-electron chi connectivity index (χ2n) is 13.3. The van der Waals surface area contributed by atoms with Gasteiger partial charge in [-0.3, -0.25) is 9.59 Å². The predicted molar refractivity (Wildman–Crippen MR) is 165 cm³/mol. The van der Waals surface area contributed by atoms with E-state index in [-0.39, 0.29) is 18.6 Å². The number of amides is 2. The fourth-order valence-corrected chi connectivity index (χ4v) is 7.01. The van der Waals surface area contributed by atoms with E-state index in [0.717, 1.165) is 44.1 Å². The molecule has 9 heteroatoms. The number of sulfone groups is 1. The molecule has 0 aliphatic heterocycles. The van der Waals surface area contributed by atoms with Gasteiger partial charge in [0.25, 0.3) is 0 Å². The van der Waals surface area contributed by atoms with Gasteiger partial charge < -0.3 is 20.8 Å². The Bertz CT molecular complexity index is 1160. The molecule has 8 nitrogen and oxygen atoms in total. The van der Waals surface area contributed by atoms with Gasteiger partial charge in [-0.15, -0.1) is 12.3 Å². The SMILES string of the molecule is C#CC[C@H](O)[C@H](O)[C@H](CC1CCCCC1)NC(=O)[C@H](CC1CC1)NC(=O)[C@H](Cc1ccccc1)CS(=O)(=O)C(C)(C)C. The van der Waals surface area contributed by atoms with Gasteiger partial charge in [-0.05, 0) is 57.4 Å². The van der Waals surface area contributed by atoms with E-state index in [0.29, 0.717) is 24.7 Å². The smallest absolute Gasteiger partial charge is 0.242 e. The molecule has 0 bridgehead atoms. The minimum atomic E-state index is -3.63. The highest BCUT2D eigenvalue weighted by atomic mass is 32.2. The molecule has 3 rings (SSSR count). The molecule has 4 N–H and O–H groups in total. The molecule has 0 unspecified atom stereocenters. The molecule has 42 heavy (non-hydrogen) atoms. The molecule has 2 aliphatic carbocycles. The van der Waals surface area contributed by atoms with E-state index in [1.807, 2.05) is 30.3 Å². The van der Waals surface area contributed by atoms with Gasteiger partial charge in [0.2, 0.25) is 11.8 Å². The fraction of sp³-hybridized carbons (Fsp3) is 0.697. The molecule has 2 amide bonds. The summed E-state index contributed by atoms with van der Waals surface area (Å²) in [5.41, 5.74) is 0.836. The third-order valence-electron chi connectivity index (χ3n) is 8.72. The van der Waals surface area contributed by atoms with Crippen molar-refractivity contribution in [2.75, 3.05) is 5.75 Å². The third kappa shape index (κ3) is 10.4. The number of aliphatic hydroxyl groups excluding tert-OH is 2. The standard InChI is InChI=1S/C33H50N2O6S/c1-5-12-29(36)30(37)27(20-24-15-10-7-11-16-24)34-32(39)28(21-25-17-18-25)35-31(38)26(19-23-13-8-6-9-14-23)22-42(40,41)33(2,3)4/h1,6,8-9,13-14,24-30,36-37H,7,10-12,15-22H2,2-4H3,(H,34,39)(H,35,38)/t26-,27+,28+,29+,30-/m1/s1. The normalized spacial score (nSPS) is 20.0. The van der Waals surface area contributed by atoms with Crippen molar-refractivity contribution in [1.29, 1.82) is 0 Å². The first-order valence-electron chi connectivity index (χ1n) is 15.5. The van der Waals surface area contributed by atoms with Crippen LogP contribution < -0.4 is 10.6 Å². The minimum Gasteiger partial charge on any atom is -0.389 e. The molecule has 2 aliphatic rings. The van der Waals surface area contributed by atoms with E-state index >= 15 is 0 Å². The molecule has 0 saturated heterocycles. The number of benzene rings is 1. The van der Waals surface area contributed by atoms with E-state index in [9.17, 15) is 28.2 Å². The molecule has 0 heterocycles. The zero-order chi connectivity index (χ0) is 30.9. The Balaban J connectivity index is 1.80. The number of carbonyl (C=O) groups is 2. The Morgan fingerprint density at radius 3 is 2.14 bits per heavy atom. The van der Waals surface area contributed by atoms with Crippen LogP contribution >= 0.6 is 0 Å². The number of terminal acetylenes is 1. The van der Waals surface area contributed by atoms with Crippen molar-refractivity contribution in [3.05, 3.63) is 35.9 Å². The second-order valence-corrected chi connectivity index (χ2v) is 16.1. The maximum atomic E-state index is 13.7. The number of aliphatic hydroxyl groups is 2. The van der Waals surface area contributed by atoms with Crippen LogP contribution in [0.2, 0.25) is 0 Å². The van der Waals surface area contributed by atoms with Crippen molar-refractivity contribution in [3.63, 3.8) is 0 Å². The lowest BCUT2D eigenvalue weighted by molar-refractivity contribution is -0.132. The van der Waals surface area contributed by atoms with E-state index in [1.54, 1.807) is 20.8 Å². The Labute approximate surface area is 252 Å². The van der Waals surface area contributed by atoms with Crippen LogP contribution in [-0.4, -0.2) is 65.2 Å². The lowest BCUT2D eigenvalue weighted by Gasteiger charge is -2.33. The molecule has 0 aromatic heterocycles. The number of hydrogen-bond donors (Lipinski definition) is 4. The van der Waals surface area contributed by atoms with E-state index in [1.165, 1.54) is 6.42 Å². The zero-order valence-electron chi connectivity index (χ0n) is 25.4. The Kier molecular flexibility index (Phi) is 12.5. The van der Waals surface area contributed by atoms with Crippen LogP contribution in [0.4, 0.5) is 0 Å². The van der Waals surface area contributed by atoms with Gasteiger partial charge in [-0.2, -0.15) is 0 Å². The number of carbonyl (C=O) groups excluding carboxylic acids is 2. The highest BCUT2D eigenvalue weighted by Gasteiger charge is 2.38. The van der Waals surface area contributed by atoms with Gasteiger partial charge in [0.15, 0.2) is 9.84 Å².